The molecular weight excluding hydrogens is 266 g/mol. The number of carbonyl (C=O) groups is 2. The first-order valence-electron chi connectivity index (χ1n) is 7.56. The summed E-state index contributed by atoms with van der Waals surface area (Å²) in [7, 11) is 0. The van der Waals surface area contributed by atoms with Gasteiger partial charge in [-0.25, -0.2) is 0 Å². The van der Waals surface area contributed by atoms with Crippen LogP contribution in [-0.2, 0) is 4.79 Å². The lowest BCUT2D eigenvalue weighted by Gasteiger charge is -2.52. The molecule has 1 aliphatic heterocycles. The monoisotopic (exact) mass is 289 g/mol. The van der Waals surface area contributed by atoms with Crippen molar-refractivity contribution in [3.63, 3.8) is 0 Å². The molecule has 0 bridgehead atoms. The number of benzene rings is 1. The SMILES string of the molecule is CCC1(CC)C(C(=O)O)c2ccccc2C(=O)N1C(C)C. The van der Waals surface area contributed by atoms with Crippen LogP contribution in [0.15, 0.2) is 24.3 Å². The van der Waals surface area contributed by atoms with Crippen molar-refractivity contribution in [2.24, 2.45) is 0 Å². The number of carbonyl (C=O) groups excluding carboxylic acids is 1. The van der Waals surface area contributed by atoms with E-state index in [1.54, 1.807) is 23.1 Å². The van der Waals surface area contributed by atoms with Gasteiger partial charge < -0.3 is 10.0 Å². The number of amides is 1. The Balaban J connectivity index is 2.77. The maximum Gasteiger partial charge on any atom is 0.313 e. The van der Waals surface area contributed by atoms with Crippen molar-refractivity contribution in [3.8, 4) is 0 Å². The van der Waals surface area contributed by atoms with Gasteiger partial charge in [0.15, 0.2) is 0 Å². The number of fused-ring (bicyclic) bond motifs is 1. The van der Waals surface area contributed by atoms with Gasteiger partial charge >= 0.3 is 5.97 Å². The highest BCUT2D eigenvalue weighted by molar-refractivity contribution is 6.01. The van der Waals surface area contributed by atoms with Crippen LogP contribution in [0.25, 0.3) is 0 Å². The molecule has 4 nitrogen and oxygen atoms in total. The van der Waals surface area contributed by atoms with Gasteiger partial charge in [0, 0.05) is 11.6 Å². The van der Waals surface area contributed by atoms with E-state index in [0.717, 1.165) is 0 Å². The van der Waals surface area contributed by atoms with Gasteiger partial charge in [-0.15, -0.1) is 0 Å². The van der Waals surface area contributed by atoms with Gasteiger partial charge in [-0.3, -0.25) is 9.59 Å². The average molecular weight is 289 g/mol. The van der Waals surface area contributed by atoms with Crippen molar-refractivity contribution in [2.75, 3.05) is 0 Å². The zero-order chi connectivity index (χ0) is 15.8. The van der Waals surface area contributed by atoms with E-state index in [4.69, 9.17) is 0 Å². The van der Waals surface area contributed by atoms with Crippen LogP contribution in [0.5, 0.6) is 0 Å². The second-order valence-corrected chi connectivity index (χ2v) is 5.94. The van der Waals surface area contributed by atoms with Gasteiger partial charge in [0.2, 0.25) is 0 Å². The lowest BCUT2D eigenvalue weighted by molar-refractivity contribution is -0.143. The Kier molecular flexibility index (Phi) is 4.08. The molecule has 1 atom stereocenters. The van der Waals surface area contributed by atoms with Crippen molar-refractivity contribution < 1.29 is 14.7 Å². The van der Waals surface area contributed by atoms with Crippen LogP contribution < -0.4 is 0 Å². The van der Waals surface area contributed by atoms with E-state index < -0.39 is 17.4 Å². The number of nitrogens with zero attached hydrogens (tertiary/aromatic N) is 1. The number of rotatable bonds is 4. The summed E-state index contributed by atoms with van der Waals surface area (Å²) >= 11 is 0. The molecule has 0 aromatic heterocycles. The maximum absolute atomic E-state index is 12.9. The highest BCUT2D eigenvalue weighted by Gasteiger charge is 2.53. The molecule has 0 spiro atoms. The lowest BCUT2D eigenvalue weighted by Crippen LogP contribution is -2.62. The molecule has 1 aliphatic rings. The van der Waals surface area contributed by atoms with Crippen molar-refractivity contribution in [1.29, 1.82) is 0 Å². The predicted molar refractivity (Wildman–Crippen MR) is 81.4 cm³/mol. The summed E-state index contributed by atoms with van der Waals surface area (Å²) in [5.74, 6) is -1.59. The third kappa shape index (κ3) is 2.13. The molecule has 2 rings (SSSR count). The van der Waals surface area contributed by atoms with Gasteiger partial charge in [0.25, 0.3) is 5.91 Å². The largest absolute Gasteiger partial charge is 0.481 e. The Bertz CT molecular complexity index is 561. The predicted octanol–water partition coefficient (Wildman–Crippen LogP) is 3.28. The van der Waals surface area contributed by atoms with E-state index in [1.165, 1.54) is 0 Å². The van der Waals surface area contributed by atoms with E-state index in [2.05, 4.69) is 0 Å². The number of aliphatic carboxylic acids is 1. The fraction of sp³-hybridized carbons (Fsp3) is 0.529. The molecule has 4 heteroatoms. The summed E-state index contributed by atoms with van der Waals surface area (Å²) in [5.41, 5.74) is 0.512. The fourth-order valence-electron chi connectivity index (χ4n) is 3.81. The number of hydrogen-bond donors (Lipinski definition) is 1. The van der Waals surface area contributed by atoms with E-state index >= 15 is 0 Å². The van der Waals surface area contributed by atoms with Crippen LogP contribution in [-0.4, -0.2) is 33.5 Å². The minimum Gasteiger partial charge on any atom is -0.481 e. The zero-order valence-electron chi connectivity index (χ0n) is 13.1. The zero-order valence-corrected chi connectivity index (χ0v) is 13.1. The molecule has 0 fully saturated rings. The van der Waals surface area contributed by atoms with Gasteiger partial charge in [-0.2, -0.15) is 0 Å². The van der Waals surface area contributed by atoms with Gasteiger partial charge in [-0.1, -0.05) is 32.0 Å². The van der Waals surface area contributed by atoms with E-state index in [1.807, 2.05) is 33.8 Å². The molecule has 0 saturated heterocycles. The molecule has 0 radical (unpaired) electrons. The Hall–Kier alpha value is -1.84. The van der Waals surface area contributed by atoms with Crippen molar-refractivity contribution in [3.05, 3.63) is 35.4 Å². The van der Waals surface area contributed by atoms with E-state index in [9.17, 15) is 14.7 Å². The molecule has 0 aliphatic carbocycles. The first-order valence-corrected chi connectivity index (χ1v) is 7.56. The minimum atomic E-state index is -0.857. The highest BCUT2D eigenvalue weighted by atomic mass is 16.4. The number of carboxylic acids is 1. The summed E-state index contributed by atoms with van der Waals surface area (Å²) in [5, 5.41) is 9.83. The van der Waals surface area contributed by atoms with Crippen molar-refractivity contribution in [2.45, 2.75) is 58.0 Å². The second-order valence-electron chi connectivity index (χ2n) is 5.94. The molecule has 1 aromatic rings. The number of hydrogen-bond acceptors (Lipinski definition) is 2. The smallest absolute Gasteiger partial charge is 0.313 e. The third-order valence-corrected chi connectivity index (χ3v) is 4.73. The Morgan fingerprint density at radius 1 is 1.29 bits per heavy atom. The summed E-state index contributed by atoms with van der Waals surface area (Å²) in [4.78, 5) is 26.7. The lowest BCUT2D eigenvalue weighted by atomic mass is 9.69. The Morgan fingerprint density at radius 3 is 2.33 bits per heavy atom. The van der Waals surface area contributed by atoms with Crippen LogP contribution in [0.4, 0.5) is 0 Å². The van der Waals surface area contributed by atoms with Crippen molar-refractivity contribution in [1.82, 2.24) is 4.90 Å². The molecule has 1 aromatic carbocycles. The molecule has 0 saturated carbocycles. The van der Waals surface area contributed by atoms with Crippen LogP contribution >= 0.6 is 0 Å². The van der Waals surface area contributed by atoms with Crippen LogP contribution in [0, 0.1) is 0 Å². The standard InChI is InChI=1S/C17H23NO3/c1-5-17(6-2)14(16(20)21)12-9-7-8-10-13(12)15(19)18(17)11(3)4/h7-11,14H,5-6H2,1-4H3,(H,20,21). The third-order valence-electron chi connectivity index (χ3n) is 4.73. The molecular formula is C17H23NO3. The molecule has 1 unspecified atom stereocenters. The van der Waals surface area contributed by atoms with E-state index in [0.29, 0.717) is 24.0 Å². The summed E-state index contributed by atoms with van der Waals surface area (Å²) in [6.45, 7) is 7.84. The molecule has 114 valence electrons. The van der Waals surface area contributed by atoms with Crippen molar-refractivity contribution >= 4 is 11.9 Å². The first kappa shape index (κ1) is 15.5. The van der Waals surface area contributed by atoms with Gasteiger partial charge in [-0.05, 0) is 38.3 Å². The topological polar surface area (TPSA) is 57.6 Å². The summed E-state index contributed by atoms with van der Waals surface area (Å²) in [6.07, 6.45) is 1.25. The average Bonchev–Trinajstić information content (AvgIpc) is 2.45. The molecule has 21 heavy (non-hydrogen) atoms. The minimum absolute atomic E-state index is 0.0346. The summed E-state index contributed by atoms with van der Waals surface area (Å²) < 4.78 is 0. The normalized spacial score (nSPS) is 20.5. The maximum atomic E-state index is 12.9. The van der Waals surface area contributed by atoms with E-state index in [-0.39, 0.29) is 11.9 Å². The van der Waals surface area contributed by atoms with Crippen LogP contribution in [0.1, 0.15) is 62.4 Å². The summed E-state index contributed by atoms with van der Waals surface area (Å²) in [6, 6.07) is 7.08. The highest BCUT2D eigenvalue weighted by Crippen LogP contribution is 2.46. The Labute approximate surface area is 125 Å². The van der Waals surface area contributed by atoms with Gasteiger partial charge in [0.05, 0.1) is 5.54 Å². The second kappa shape index (κ2) is 5.51. The molecule has 1 amide bonds. The van der Waals surface area contributed by atoms with Crippen LogP contribution in [0.3, 0.4) is 0 Å². The Morgan fingerprint density at radius 2 is 1.86 bits per heavy atom. The molecule has 1 heterocycles. The number of carboxylic acid groups (broad SMARTS) is 1. The first-order chi connectivity index (χ1) is 9.90. The molecule has 1 N–H and O–H groups in total. The fourth-order valence-corrected chi connectivity index (χ4v) is 3.81. The van der Waals surface area contributed by atoms with Crippen LogP contribution in [0.2, 0.25) is 0 Å². The quantitative estimate of drug-likeness (QED) is 0.925. The van der Waals surface area contributed by atoms with Gasteiger partial charge in [0.1, 0.15) is 5.92 Å².